The second kappa shape index (κ2) is 10.5. The average Bonchev–Trinajstić information content (AvgIpc) is 2.73. The molecule has 1 aromatic rings. The molecule has 2 amide bonds. The van der Waals surface area contributed by atoms with Crippen LogP contribution in [0.15, 0.2) is 24.3 Å². The maximum Gasteiger partial charge on any atom is 0.225 e. The fourth-order valence-electron chi connectivity index (χ4n) is 4.21. The average molecular weight is 387 g/mol. The van der Waals surface area contributed by atoms with Gasteiger partial charge in [-0.2, -0.15) is 0 Å². The van der Waals surface area contributed by atoms with Crippen LogP contribution in [-0.2, 0) is 9.59 Å². The molecule has 154 valence electrons. The molecule has 0 atom stereocenters. The summed E-state index contributed by atoms with van der Waals surface area (Å²) in [7, 11) is 0. The van der Waals surface area contributed by atoms with Crippen molar-refractivity contribution in [1.82, 2.24) is 10.2 Å². The van der Waals surface area contributed by atoms with Gasteiger partial charge in [-0.05, 0) is 51.2 Å². The molecule has 0 bridgehead atoms. The predicted octanol–water partition coefficient (Wildman–Crippen LogP) is 3.84. The van der Waals surface area contributed by atoms with E-state index in [1.165, 1.54) is 24.8 Å². The van der Waals surface area contributed by atoms with Crippen molar-refractivity contribution in [2.24, 2.45) is 5.92 Å². The van der Waals surface area contributed by atoms with E-state index in [9.17, 15) is 9.59 Å². The summed E-state index contributed by atoms with van der Waals surface area (Å²) in [5.41, 5.74) is 1.21. The lowest BCUT2D eigenvalue weighted by Crippen LogP contribution is -2.48. The van der Waals surface area contributed by atoms with E-state index in [1.54, 1.807) is 0 Å². The van der Waals surface area contributed by atoms with Gasteiger partial charge >= 0.3 is 0 Å². The van der Waals surface area contributed by atoms with Crippen LogP contribution in [0.3, 0.4) is 0 Å². The Balaban J connectivity index is 1.29. The summed E-state index contributed by atoms with van der Waals surface area (Å²) in [6.45, 7) is 4.14. The number of carbonyl (C=O) groups excluding carboxylic acids is 2. The number of carbonyl (C=O) groups is 2. The van der Waals surface area contributed by atoms with E-state index in [1.807, 2.05) is 36.1 Å². The summed E-state index contributed by atoms with van der Waals surface area (Å²) in [4.78, 5) is 26.8. The zero-order valence-corrected chi connectivity index (χ0v) is 17.1. The first kappa shape index (κ1) is 20.7. The van der Waals surface area contributed by atoms with Gasteiger partial charge in [-0.25, -0.2) is 0 Å². The van der Waals surface area contributed by atoms with Gasteiger partial charge in [-0.3, -0.25) is 9.59 Å². The molecule has 0 aromatic heterocycles. The Kier molecular flexibility index (Phi) is 7.75. The molecule has 1 saturated heterocycles. The van der Waals surface area contributed by atoms with Crippen LogP contribution in [0.1, 0.15) is 63.4 Å². The molecule has 1 heterocycles. The summed E-state index contributed by atoms with van der Waals surface area (Å²) in [5, 5.41) is 3.13. The number of aryl methyl sites for hydroxylation is 1. The highest BCUT2D eigenvalue weighted by atomic mass is 16.5. The second-order valence-electron chi connectivity index (χ2n) is 8.27. The van der Waals surface area contributed by atoms with E-state index in [0.717, 1.165) is 44.5 Å². The summed E-state index contributed by atoms with van der Waals surface area (Å²) in [6, 6.07) is 8.15. The Morgan fingerprint density at radius 1 is 1.04 bits per heavy atom. The molecule has 1 aliphatic carbocycles. The zero-order valence-electron chi connectivity index (χ0n) is 17.1. The van der Waals surface area contributed by atoms with Crippen LogP contribution in [0, 0.1) is 12.8 Å². The van der Waals surface area contributed by atoms with Crippen molar-refractivity contribution in [3.05, 3.63) is 29.8 Å². The van der Waals surface area contributed by atoms with E-state index >= 15 is 0 Å². The summed E-state index contributed by atoms with van der Waals surface area (Å²) in [5.74, 6) is 1.52. The first-order valence-electron chi connectivity index (χ1n) is 10.9. The minimum absolute atomic E-state index is 0.0876. The molecule has 1 aliphatic heterocycles. The number of nitrogens with zero attached hydrogens (tertiary/aromatic N) is 1. The Bertz CT molecular complexity index is 630. The second-order valence-corrected chi connectivity index (χ2v) is 8.27. The molecule has 1 saturated carbocycles. The maximum absolute atomic E-state index is 12.6. The van der Waals surface area contributed by atoms with Crippen molar-refractivity contribution in [2.75, 3.05) is 19.7 Å². The fourth-order valence-corrected chi connectivity index (χ4v) is 4.21. The van der Waals surface area contributed by atoms with Crippen molar-refractivity contribution in [3.8, 4) is 5.75 Å². The molecule has 3 rings (SSSR count). The van der Waals surface area contributed by atoms with Crippen LogP contribution in [0.2, 0.25) is 0 Å². The van der Waals surface area contributed by atoms with Gasteiger partial charge in [0.05, 0.1) is 6.61 Å². The Hall–Kier alpha value is -2.04. The van der Waals surface area contributed by atoms with Crippen LogP contribution in [0.5, 0.6) is 5.75 Å². The maximum atomic E-state index is 12.6. The number of rotatable bonds is 7. The molecule has 0 radical (unpaired) electrons. The standard InChI is InChI=1S/C23H34N2O3/c1-18-9-11-21(12-10-18)28-17-5-8-22(26)24-20-13-15-25(16-14-20)23(27)19-6-3-2-4-7-19/h9-12,19-20H,2-8,13-17H2,1H3,(H,24,26). The summed E-state index contributed by atoms with van der Waals surface area (Å²) < 4.78 is 5.68. The normalized spacial score (nSPS) is 18.7. The van der Waals surface area contributed by atoms with Gasteiger partial charge < -0.3 is 15.0 Å². The van der Waals surface area contributed by atoms with Gasteiger partial charge in [0.1, 0.15) is 5.75 Å². The monoisotopic (exact) mass is 386 g/mol. The quantitative estimate of drug-likeness (QED) is 0.724. The lowest BCUT2D eigenvalue weighted by molar-refractivity contribution is -0.137. The number of hydrogen-bond acceptors (Lipinski definition) is 3. The zero-order chi connectivity index (χ0) is 19.8. The van der Waals surface area contributed by atoms with E-state index in [0.29, 0.717) is 25.4 Å². The van der Waals surface area contributed by atoms with E-state index in [4.69, 9.17) is 4.74 Å². The van der Waals surface area contributed by atoms with Gasteiger partial charge in [0.2, 0.25) is 11.8 Å². The third-order valence-corrected chi connectivity index (χ3v) is 5.96. The number of likely N-dealkylation sites (tertiary alicyclic amines) is 1. The largest absolute Gasteiger partial charge is 0.494 e. The van der Waals surface area contributed by atoms with Gasteiger partial charge in [-0.15, -0.1) is 0 Å². The minimum Gasteiger partial charge on any atom is -0.494 e. The molecule has 0 unspecified atom stereocenters. The fraction of sp³-hybridized carbons (Fsp3) is 0.652. The highest BCUT2D eigenvalue weighted by Crippen LogP contribution is 2.26. The van der Waals surface area contributed by atoms with Crippen molar-refractivity contribution in [1.29, 1.82) is 0 Å². The summed E-state index contributed by atoms with van der Waals surface area (Å²) >= 11 is 0. The van der Waals surface area contributed by atoms with Crippen LogP contribution in [0.4, 0.5) is 0 Å². The first-order chi connectivity index (χ1) is 13.6. The van der Waals surface area contributed by atoms with Crippen LogP contribution in [-0.4, -0.2) is 42.5 Å². The van der Waals surface area contributed by atoms with Gasteiger partial charge in [0.15, 0.2) is 0 Å². The minimum atomic E-state index is 0.0876. The predicted molar refractivity (Wildman–Crippen MR) is 110 cm³/mol. The number of hydrogen-bond donors (Lipinski definition) is 1. The first-order valence-corrected chi connectivity index (χ1v) is 10.9. The van der Waals surface area contributed by atoms with E-state index < -0.39 is 0 Å². The highest BCUT2D eigenvalue weighted by Gasteiger charge is 2.29. The topological polar surface area (TPSA) is 58.6 Å². The van der Waals surface area contributed by atoms with Crippen molar-refractivity contribution < 1.29 is 14.3 Å². The molecule has 1 aromatic carbocycles. The number of nitrogens with one attached hydrogen (secondary N) is 1. The molecule has 0 spiro atoms. The molecule has 2 fully saturated rings. The van der Waals surface area contributed by atoms with Gasteiger partial charge in [0.25, 0.3) is 0 Å². The smallest absolute Gasteiger partial charge is 0.225 e. The third kappa shape index (κ3) is 6.25. The van der Waals surface area contributed by atoms with Crippen molar-refractivity contribution in [2.45, 2.75) is 70.8 Å². The summed E-state index contributed by atoms with van der Waals surface area (Å²) in [6.07, 6.45) is 8.68. The molecule has 1 N–H and O–H groups in total. The Morgan fingerprint density at radius 2 is 1.71 bits per heavy atom. The lowest BCUT2D eigenvalue weighted by atomic mass is 9.87. The van der Waals surface area contributed by atoms with Crippen LogP contribution >= 0.6 is 0 Å². The Labute approximate surface area is 168 Å². The van der Waals surface area contributed by atoms with Crippen molar-refractivity contribution in [3.63, 3.8) is 0 Å². The van der Waals surface area contributed by atoms with E-state index in [2.05, 4.69) is 5.32 Å². The molecular weight excluding hydrogens is 352 g/mol. The van der Waals surface area contributed by atoms with E-state index in [-0.39, 0.29) is 17.9 Å². The SMILES string of the molecule is Cc1ccc(OCCCC(=O)NC2CCN(C(=O)C3CCCCC3)CC2)cc1. The Morgan fingerprint density at radius 3 is 2.39 bits per heavy atom. The van der Waals surface area contributed by atoms with Crippen LogP contribution < -0.4 is 10.1 Å². The van der Waals surface area contributed by atoms with Crippen LogP contribution in [0.25, 0.3) is 0 Å². The number of piperidine rings is 1. The van der Waals surface area contributed by atoms with Gasteiger partial charge in [0, 0.05) is 31.5 Å². The highest BCUT2D eigenvalue weighted by molar-refractivity contribution is 5.79. The number of benzene rings is 1. The number of ether oxygens (including phenoxy) is 1. The number of amides is 2. The van der Waals surface area contributed by atoms with Gasteiger partial charge in [-0.1, -0.05) is 37.0 Å². The third-order valence-electron chi connectivity index (χ3n) is 5.96. The lowest BCUT2D eigenvalue weighted by Gasteiger charge is -2.35. The molecule has 28 heavy (non-hydrogen) atoms. The molecule has 2 aliphatic rings. The van der Waals surface area contributed by atoms with Crippen molar-refractivity contribution >= 4 is 11.8 Å². The molecule has 5 nitrogen and oxygen atoms in total. The molecule has 5 heteroatoms. The molecular formula is C23H34N2O3.